The van der Waals surface area contributed by atoms with Crippen molar-refractivity contribution in [3.8, 4) is 0 Å². The Labute approximate surface area is 95.4 Å². The van der Waals surface area contributed by atoms with E-state index in [-0.39, 0.29) is 5.25 Å². The van der Waals surface area contributed by atoms with Crippen molar-refractivity contribution >= 4 is 15.8 Å². The number of rotatable bonds is 2. The molecule has 1 aliphatic rings. The lowest BCUT2D eigenvalue weighted by Crippen LogP contribution is -2.42. The minimum absolute atomic E-state index is 0.287. The molecule has 1 saturated heterocycles. The Hall–Kier alpha value is -1.17. The fourth-order valence-electron chi connectivity index (χ4n) is 1.92. The van der Waals surface area contributed by atoms with Crippen LogP contribution in [0.25, 0.3) is 0 Å². The molecule has 1 fully saturated rings. The van der Waals surface area contributed by atoms with Gasteiger partial charge in [0.15, 0.2) is 9.84 Å². The molecule has 0 spiro atoms. The van der Waals surface area contributed by atoms with Crippen molar-refractivity contribution in [1.82, 2.24) is 9.97 Å². The second-order valence-electron chi connectivity index (χ2n) is 4.09. The van der Waals surface area contributed by atoms with Crippen LogP contribution < -0.4 is 4.90 Å². The molecule has 16 heavy (non-hydrogen) atoms. The molecule has 0 bridgehead atoms. The number of nitrogens with zero attached hydrogens (tertiary/aromatic N) is 3. The van der Waals surface area contributed by atoms with E-state index >= 15 is 0 Å². The molecular weight excluding hydrogens is 226 g/mol. The number of sulfone groups is 1. The van der Waals surface area contributed by atoms with Crippen LogP contribution in [0, 0.1) is 0 Å². The highest BCUT2D eigenvalue weighted by atomic mass is 32.2. The molecule has 1 unspecified atom stereocenters. The predicted octanol–water partition coefficient (Wildman–Crippen LogP) is 0.490. The summed E-state index contributed by atoms with van der Waals surface area (Å²) in [6.07, 6.45) is 6.25. The van der Waals surface area contributed by atoms with Crippen LogP contribution >= 0.6 is 0 Å². The summed E-state index contributed by atoms with van der Waals surface area (Å²) >= 11 is 0. The van der Waals surface area contributed by atoms with Gasteiger partial charge in [-0.2, -0.15) is 0 Å². The first-order valence-corrected chi connectivity index (χ1v) is 7.23. The topological polar surface area (TPSA) is 63.2 Å². The van der Waals surface area contributed by atoms with Gasteiger partial charge in [0.2, 0.25) is 5.95 Å². The van der Waals surface area contributed by atoms with Crippen molar-refractivity contribution in [2.75, 3.05) is 24.2 Å². The van der Waals surface area contributed by atoms with Gasteiger partial charge in [0.1, 0.15) is 0 Å². The third kappa shape index (κ3) is 2.49. The Balaban J connectivity index is 2.14. The Morgan fingerprint density at radius 1 is 1.38 bits per heavy atom. The van der Waals surface area contributed by atoms with Gasteiger partial charge in [-0.3, -0.25) is 0 Å². The number of aromatic nitrogens is 2. The van der Waals surface area contributed by atoms with Crippen LogP contribution in [0.4, 0.5) is 5.95 Å². The Morgan fingerprint density at radius 2 is 2.06 bits per heavy atom. The molecule has 0 amide bonds. The van der Waals surface area contributed by atoms with Crippen molar-refractivity contribution in [3.05, 3.63) is 18.5 Å². The van der Waals surface area contributed by atoms with Crippen molar-refractivity contribution in [3.63, 3.8) is 0 Å². The van der Waals surface area contributed by atoms with E-state index in [1.807, 2.05) is 4.90 Å². The minimum Gasteiger partial charge on any atom is -0.340 e. The highest BCUT2D eigenvalue weighted by molar-refractivity contribution is 7.91. The highest BCUT2D eigenvalue weighted by Gasteiger charge is 2.28. The summed E-state index contributed by atoms with van der Waals surface area (Å²) in [7, 11) is -2.96. The van der Waals surface area contributed by atoms with E-state index in [2.05, 4.69) is 9.97 Å². The second kappa shape index (κ2) is 4.37. The maximum absolute atomic E-state index is 11.5. The summed E-state index contributed by atoms with van der Waals surface area (Å²) in [5, 5.41) is -0.287. The quantitative estimate of drug-likeness (QED) is 0.754. The lowest BCUT2D eigenvalue weighted by molar-refractivity contribution is 0.531. The first-order chi connectivity index (χ1) is 7.57. The van der Waals surface area contributed by atoms with Crippen LogP contribution in [0.1, 0.15) is 12.8 Å². The smallest absolute Gasteiger partial charge is 0.225 e. The van der Waals surface area contributed by atoms with Gasteiger partial charge < -0.3 is 4.90 Å². The summed E-state index contributed by atoms with van der Waals surface area (Å²) < 4.78 is 23.0. The van der Waals surface area contributed by atoms with Crippen LogP contribution in [-0.4, -0.2) is 43.0 Å². The fourth-order valence-corrected chi connectivity index (χ4v) is 2.97. The minimum atomic E-state index is -2.96. The predicted molar refractivity (Wildman–Crippen MR) is 62.1 cm³/mol. The van der Waals surface area contributed by atoms with Crippen molar-refractivity contribution in [2.45, 2.75) is 18.1 Å². The lowest BCUT2D eigenvalue weighted by Gasteiger charge is -2.31. The first-order valence-electron chi connectivity index (χ1n) is 5.28. The molecule has 0 N–H and O–H groups in total. The van der Waals surface area contributed by atoms with Gasteiger partial charge in [-0.25, -0.2) is 18.4 Å². The molecule has 0 aromatic carbocycles. The van der Waals surface area contributed by atoms with Crippen LogP contribution in [0.5, 0.6) is 0 Å². The van der Waals surface area contributed by atoms with Gasteiger partial charge in [-0.15, -0.1) is 0 Å². The van der Waals surface area contributed by atoms with Crippen LogP contribution in [0.3, 0.4) is 0 Å². The van der Waals surface area contributed by atoms with Crippen LogP contribution in [0.15, 0.2) is 18.5 Å². The van der Waals surface area contributed by atoms with Gasteiger partial charge in [0.25, 0.3) is 0 Å². The maximum Gasteiger partial charge on any atom is 0.225 e. The SMILES string of the molecule is CS(=O)(=O)C1CCCN(c2ncccn2)C1. The molecule has 0 saturated carbocycles. The van der Waals surface area contributed by atoms with Gasteiger partial charge in [-0.1, -0.05) is 0 Å². The molecule has 88 valence electrons. The summed E-state index contributed by atoms with van der Waals surface area (Å²) in [5.41, 5.74) is 0. The van der Waals surface area contributed by atoms with Gasteiger partial charge in [-0.05, 0) is 18.9 Å². The molecule has 0 radical (unpaired) electrons. The summed E-state index contributed by atoms with van der Waals surface area (Å²) in [6, 6.07) is 1.75. The normalized spacial score (nSPS) is 22.1. The van der Waals surface area contributed by atoms with Crippen LogP contribution in [0.2, 0.25) is 0 Å². The third-order valence-corrected chi connectivity index (χ3v) is 4.41. The summed E-state index contributed by atoms with van der Waals surface area (Å²) in [5.74, 6) is 0.621. The highest BCUT2D eigenvalue weighted by Crippen LogP contribution is 2.19. The average molecular weight is 241 g/mol. The first kappa shape index (κ1) is 11.3. The molecule has 1 aromatic heterocycles. The van der Waals surface area contributed by atoms with Gasteiger partial charge in [0, 0.05) is 31.7 Å². The summed E-state index contributed by atoms with van der Waals surface area (Å²) in [4.78, 5) is 10.2. The molecule has 1 atom stereocenters. The van der Waals surface area contributed by atoms with E-state index in [0.29, 0.717) is 12.5 Å². The van der Waals surface area contributed by atoms with Crippen LogP contribution in [-0.2, 0) is 9.84 Å². The van der Waals surface area contributed by atoms with Gasteiger partial charge in [0.05, 0.1) is 5.25 Å². The molecule has 1 aliphatic heterocycles. The van der Waals surface area contributed by atoms with Gasteiger partial charge >= 0.3 is 0 Å². The third-order valence-electron chi connectivity index (χ3n) is 2.82. The monoisotopic (exact) mass is 241 g/mol. The Bertz CT molecular complexity index is 446. The molecule has 6 heteroatoms. The Morgan fingerprint density at radius 3 is 2.69 bits per heavy atom. The van der Waals surface area contributed by atoms with E-state index in [1.54, 1.807) is 18.5 Å². The zero-order chi connectivity index (χ0) is 11.6. The van der Waals surface area contributed by atoms with Crippen molar-refractivity contribution in [1.29, 1.82) is 0 Å². The average Bonchev–Trinajstić information content (AvgIpc) is 2.29. The molecule has 2 rings (SSSR count). The number of piperidine rings is 1. The maximum atomic E-state index is 11.5. The van der Waals surface area contributed by atoms with E-state index in [9.17, 15) is 8.42 Å². The van der Waals surface area contributed by atoms with Crippen molar-refractivity contribution < 1.29 is 8.42 Å². The molecule has 5 nitrogen and oxygen atoms in total. The molecule has 2 heterocycles. The molecule has 0 aliphatic carbocycles. The Kier molecular flexibility index (Phi) is 3.09. The molecular formula is C10H15N3O2S. The fraction of sp³-hybridized carbons (Fsp3) is 0.600. The lowest BCUT2D eigenvalue weighted by atomic mass is 10.1. The van der Waals surface area contributed by atoms with Crippen molar-refractivity contribution in [2.24, 2.45) is 0 Å². The second-order valence-corrected chi connectivity index (χ2v) is 6.41. The van der Waals surface area contributed by atoms with E-state index in [4.69, 9.17) is 0 Å². The largest absolute Gasteiger partial charge is 0.340 e. The number of anilines is 1. The summed E-state index contributed by atoms with van der Waals surface area (Å²) in [6.45, 7) is 1.33. The standard InChI is InChI=1S/C10H15N3O2S/c1-16(14,15)9-4-2-7-13(8-9)10-11-5-3-6-12-10/h3,5-6,9H,2,4,7-8H2,1H3. The zero-order valence-electron chi connectivity index (χ0n) is 9.20. The zero-order valence-corrected chi connectivity index (χ0v) is 10.0. The molecule has 1 aromatic rings. The number of hydrogen-bond donors (Lipinski definition) is 0. The number of hydrogen-bond acceptors (Lipinski definition) is 5. The van der Waals surface area contributed by atoms with E-state index in [1.165, 1.54) is 6.26 Å². The van der Waals surface area contributed by atoms with E-state index < -0.39 is 9.84 Å². The van der Waals surface area contributed by atoms with E-state index in [0.717, 1.165) is 19.4 Å².